The Bertz CT molecular complexity index is 469. The molecule has 0 aliphatic carbocycles. The molecule has 7 heteroatoms. The second-order valence-corrected chi connectivity index (χ2v) is 6.38. The summed E-state index contributed by atoms with van der Waals surface area (Å²) in [6.07, 6.45) is 1.64. The number of aliphatic hydroxyl groups is 1. The molecule has 6 nitrogen and oxygen atoms in total. The third-order valence-electron chi connectivity index (χ3n) is 3.34. The number of hydrogen-bond donors (Lipinski definition) is 2. The summed E-state index contributed by atoms with van der Waals surface area (Å²) in [5.74, 6) is 1.39. The van der Waals surface area contributed by atoms with Crippen LogP contribution in [0.2, 0.25) is 5.02 Å². The fourth-order valence-electron chi connectivity index (χ4n) is 2.49. The molecule has 118 valence electrons. The molecule has 0 unspecified atom stereocenters. The Balaban J connectivity index is 2.00. The lowest BCUT2D eigenvalue weighted by molar-refractivity contribution is 0.0344. The van der Waals surface area contributed by atoms with Gasteiger partial charge in [0.15, 0.2) is 5.82 Å². The van der Waals surface area contributed by atoms with E-state index in [2.05, 4.69) is 25.1 Å². The van der Waals surface area contributed by atoms with E-state index < -0.39 is 5.60 Å². The minimum Gasteiger partial charge on any atom is -0.389 e. The molecule has 0 bridgehead atoms. The van der Waals surface area contributed by atoms with Crippen molar-refractivity contribution < 1.29 is 5.11 Å². The summed E-state index contributed by atoms with van der Waals surface area (Å²) >= 11 is 6.22. The molecule has 1 aromatic rings. The predicted octanol–water partition coefficient (Wildman–Crippen LogP) is 1.45. The van der Waals surface area contributed by atoms with Crippen molar-refractivity contribution in [1.29, 1.82) is 0 Å². The highest BCUT2D eigenvalue weighted by molar-refractivity contribution is 6.32. The quantitative estimate of drug-likeness (QED) is 0.858. The third-order valence-corrected chi connectivity index (χ3v) is 3.61. The second kappa shape index (κ2) is 6.77. The van der Waals surface area contributed by atoms with Crippen LogP contribution in [0, 0.1) is 0 Å². The Labute approximate surface area is 131 Å². The lowest BCUT2D eigenvalue weighted by Crippen LogP contribution is -2.50. The molecule has 1 aromatic heterocycles. The molecule has 2 heterocycles. The number of rotatable bonds is 5. The van der Waals surface area contributed by atoms with Gasteiger partial charge in [-0.2, -0.15) is 4.98 Å². The van der Waals surface area contributed by atoms with E-state index in [1.807, 2.05) is 20.8 Å². The van der Waals surface area contributed by atoms with Crippen LogP contribution in [-0.2, 0) is 0 Å². The fourth-order valence-corrected chi connectivity index (χ4v) is 2.70. The van der Waals surface area contributed by atoms with Gasteiger partial charge in [-0.3, -0.25) is 4.90 Å². The van der Waals surface area contributed by atoms with Gasteiger partial charge in [-0.05, 0) is 20.8 Å². The van der Waals surface area contributed by atoms with Crippen LogP contribution in [0.3, 0.4) is 0 Å². The van der Waals surface area contributed by atoms with Crippen molar-refractivity contribution >= 4 is 23.4 Å². The monoisotopic (exact) mass is 313 g/mol. The zero-order valence-corrected chi connectivity index (χ0v) is 13.7. The minimum atomic E-state index is -0.660. The maximum Gasteiger partial charge on any atom is 0.224 e. The average molecular weight is 314 g/mol. The summed E-state index contributed by atoms with van der Waals surface area (Å²) in [4.78, 5) is 13.1. The molecular weight excluding hydrogens is 290 g/mol. The highest BCUT2D eigenvalue weighted by atomic mass is 35.5. The van der Waals surface area contributed by atoms with Crippen LogP contribution in [0.5, 0.6) is 0 Å². The standard InChI is InChI=1S/C14H24ClN5O/c1-4-16-13-17-9-11(15)12(18-13)20-7-5-19(6-8-20)10-14(2,3)21/h9,21H,4-8,10H2,1-3H3,(H,16,17,18). The van der Waals surface area contributed by atoms with E-state index >= 15 is 0 Å². The fraction of sp³-hybridized carbons (Fsp3) is 0.714. The molecular formula is C14H24ClN5O. The van der Waals surface area contributed by atoms with Crippen molar-refractivity contribution in [2.24, 2.45) is 0 Å². The molecule has 0 atom stereocenters. The van der Waals surface area contributed by atoms with E-state index in [0.29, 0.717) is 17.5 Å². The maximum absolute atomic E-state index is 9.89. The van der Waals surface area contributed by atoms with Crippen molar-refractivity contribution in [2.45, 2.75) is 26.4 Å². The summed E-state index contributed by atoms with van der Waals surface area (Å²) in [6, 6.07) is 0. The van der Waals surface area contributed by atoms with Gasteiger partial charge in [0.1, 0.15) is 5.02 Å². The first-order valence-electron chi connectivity index (χ1n) is 7.35. The van der Waals surface area contributed by atoms with Gasteiger partial charge in [-0.25, -0.2) is 4.98 Å². The van der Waals surface area contributed by atoms with Gasteiger partial charge in [0, 0.05) is 39.3 Å². The van der Waals surface area contributed by atoms with E-state index in [0.717, 1.165) is 38.5 Å². The number of hydrogen-bond acceptors (Lipinski definition) is 6. The number of aromatic nitrogens is 2. The van der Waals surface area contributed by atoms with Crippen molar-refractivity contribution in [3.05, 3.63) is 11.2 Å². The number of nitrogens with one attached hydrogen (secondary N) is 1. The Morgan fingerprint density at radius 3 is 2.57 bits per heavy atom. The summed E-state index contributed by atoms with van der Waals surface area (Å²) < 4.78 is 0. The van der Waals surface area contributed by atoms with Gasteiger partial charge in [0.05, 0.1) is 11.8 Å². The molecule has 0 amide bonds. The minimum absolute atomic E-state index is 0.576. The van der Waals surface area contributed by atoms with Gasteiger partial charge in [0.2, 0.25) is 5.95 Å². The Morgan fingerprint density at radius 2 is 2.00 bits per heavy atom. The number of β-amino-alcohol motifs (C(OH)–C–C–N with tert-alkyl or cyclic N) is 1. The first-order valence-corrected chi connectivity index (χ1v) is 7.73. The topological polar surface area (TPSA) is 64.5 Å². The maximum atomic E-state index is 9.89. The Morgan fingerprint density at radius 1 is 1.33 bits per heavy atom. The van der Waals surface area contributed by atoms with Gasteiger partial charge < -0.3 is 15.3 Å². The SMILES string of the molecule is CCNc1ncc(Cl)c(N2CCN(CC(C)(C)O)CC2)n1. The van der Waals surface area contributed by atoms with Gasteiger partial charge >= 0.3 is 0 Å². The first-order chi connectivity index (χ1) is 9.89. The van der Waals surface area contributed by atoms with Gasteiger partial charge in [-0.1, -0.05) is 11.6 Å². The number of piperazine rings is 1. The number of halogens is 1. The summed E-state index contributed by atoms with van der Waals surface area (Å²) in [6.45, 7) is 10.6. The van der Waals surface area contributed by atoms with E-state index in [9.17, 15) is 5.11 Å². The van der Waals surface area contributed by atoms with Crippen LogP contribution >= 0.6 is 11.6 Å². The van der Waals surface area contributed by atoms with Crippen molar-refractivity contribution in [3.63, 3.8) is 0 Å². The number of anilines is 2. The molecule has 0 radical (unpaired) electrons. The molecule has 0 spiro atoms. The van der Waals surface area contributed by atoms with Crippen molar-refractivity contribution in [1.82, 2.24) is 14.9 Å². The van der Waals surface area contributed by atoms with Gasteiger partial charge in [-0.15, -0.1) is 0 Å². The van der Waals surface area contributed by atoms with Crippen LogP contribution in [0.1, 0.15) is 20.8 Å². The third kappa shape index (κ3) is 4.69. The van der Waals surface area contributed by atoms with E-state index in [1.165, 1.54) is 0 Å². The second-order valence-electron chi connectivity index (χ2n) is 5.97. The summed E-state index contributed by atoms with van der Waals surface area (Å²) in [5.41, 5.74) is -0.660. The largest absolute Gasteiger partial charge is 0.389 e. The number of nitrogens with zero attached hydrogens (tertiary/aromatic N) is 4. The highest BCUT2D eigenvalue weighted by Crippen LogP contribution is 2.25. The highest BCUT2D eigenvalue weighted by Gasteiger charge is 2.24. The lowest BCUT2D eigenvalue weighted by Gasteiger charge is -2.38. The zero-order valence-electron chi connectivity index (χ0n) is 12.9. The van der Waals surface area contributed by atoms with Crippen LogP contribution < -0.4 is 10.2 Å². The van der Waals surface area contributed by atoms with E-state index in [4.69, 9.17) is 11.6 Å². The van der Waals surface area contributed by atoms with Gasteiger partial charge in [0.25, 0.3) is 0 Å². The molecule has 2 rings (SSSR count). The van der Waals surface area contributed by atoms with E-state index in [1.54, 1.807) is 6.20 Å². The molecule has 1 fully saturated rings. The molecule has 0 saturated carbocycles. The van der Waals surface area contributed by atoms with Crippen LogP contribution in [0.25, 0.3) is 0 Å². The predicted molar refractivity (Wildman–Crippen MR) is 86.2 cm³/mol. The normalized spacial score (nSPS) is 17.1. The summed E-state index contributed by atoms with van der Waals surface area (Å²) in [5, 5.41) is 13.6. The van der Waals surface area contributed by atoms with Crippen LogP contribution in [-0.4, -0.2) is 64.8 Å². The lowest BCUT2D eigenvalue weighted by atomic mass is 10.1. The molecule has 0 aromatic carbocycles. The first kappa shape index (κ1) is 16.3. The average Bonchev–Trinajstić information content (AvgIpc) is 2.40. The van der Waals surface area contributed by atoms with Crippen molar-refractivity contribution in [2.75, 3.05) is 49.5 Å². The van der Waals surface area contributed by atoms with Crippen LogP contribution in [0.15, 0.2) is 6.20 Å². The molecule has 1 aliphatic heterocycles. The van der Waals surface area contributed by atoms with Crippen molar-refractivity contribution in [3.8, 4) is 0 Å². The molecule has 21 heavy (non-hydrogen) atoms. The summed E-state index contributed by atoms with van der Waals surface area (Å²) in [7, 11) is 0. The molecule has 1 saturated heterocycles. The Kier molecular flexibility index (Phi) is 5.24. The van der Waals surface area contributed by atoms with E-state index in [-0.39, 0.29) is 0 Å². The van der Waals surface area contributed by atoms with Crippen LogP contribution in [0.4, 0.5) is 11.8 Å². The molecule has 1 aliphatic rings. The smallest absolute Gasteiger partial charge is 0.224 e. The Hall–Kier alpha value is -1.11. The molecule has 2 N–H and O–H groups in total. The zero-order chi connectivity index (χ0) is 15.5.